The third kappa shape index (κ3) is 3.89. The average Bonchev–Trinajstić information content (AvgIpc) is 2.92. The normalized spacial score (nSPS) is 46.3. The Balaban J connectivity index is 1.56. The molecule has 0 aromatic heterocycles. The first-order chi connectivity index (χ1) is 14.5. The minimum Gasteiger partial charge on any atom is -0.481 e. The van der Waals surface area contributed by atoms with Crippen molar-refractivity contribution in [3.05, 3.63) is 0 Å². The van der Waals surface area contributed by atoms with Crippen molar-refractivity contribution in [3.63, 3.8) is 0 Å². The molecule has 1 N–H and O–H groups in total. The third-order valence-electron chi connectivity index (χ3n) is 9.75. The van der Waals surface area contributed by atoms with Gasteiger partial charge in [0.1, 0.15) is 12.2 Å². The Hall–Kier alpha value is -1.59. The number of esters is 2. The van der Waals surface area contributed by atoms with Gasteiger partial charge in [0.15, 0.2) is 0 Å². The monoisotopic (exact) mass is 434 g/mol. The van der Waals surface area contributed by atoms with Crippen LogP contribution in [0.15, 0.2) is 0 Å². The minimum absolute atomic E-state index is 0.0563. The number of aliphatic carboxylic acids is 1. The molecule has 0 amide bonds. The fraction of sp³-hybridized carbons (Fsp3) is 0.880. The largest absolute Gasteiger partial charge is 0.481 e. The zero-order valence-corrected chi connectivity index (χ0v) is 19.4. The van der Waals surface area contributed by atoms with Crippen molar-refractivity contribution in [3.8, 4) is 0 Å². The lowest BCUT2D eigenvalue weighted by Crippen LogP contribution is -2.55. The van der Waals surface area contributed by atoms with E-state index >= 15 is 0 Å². The van der Waals surface area contributed by atoms with E-state index in [9.17, 15) is 19.5 Å². The highest BCUT2D eigenvalue weighted by Crippen LogP contribution is 2.67. The first kappa shape index (κ1) is 22.6. The quantitative estimate of drug-likeness (QED) is 0.651. The molecule has 4 aliphatic carbocycles. The first-order valence-corrected chi connectivity index (χ1v) is 12.1. The molecule has 0 radical (unpaired) electrons. The van der Waals surface area contributed by atoms with Gasteiger partial charge in [0, 0.05) is 25.2 Å². The fourth-order valence-corrected chi connectivity index (χ4v) is 8.52. The Labute approximate surface area is 185 Å². The SMILES string of the molecule is CC(=O)OC1CCC2(C)C(CCC3C2CCC2(C)C3CC(CC(=O)O)C2OC(C)=O)C1. The van der Waals surface area contributed by atoms with Crippen molar-refractivity contribution in [2.45, 2.75) is 97.7 Å². The summed E-state index contributed by atoms with van der Waals surface area (Å²) in [5.41, 5.74) is 0.119. The van der Waals surface area contributed by atoms with Crippen LogP contribution in [-0.4, -0.2) is 35.2 Å². The maximum Gasteiger partial charge on any atom is 0.303 e. The summed E-state index contributed by atoms with van der Waals surface area (Å²) >= 11 is 0. The van der Waals surface area contributed by atoms with Gasteiger partial charge in [0.2, 0.25) is 0 Å². The number of fused-ring (bicyclic) bond motifs is 5. The predicted octanol–water partition coefficient (Wildman–Crippen LogP) is 4.59. The molecule has 174 valence electrons. The molecule has 31 heavy (non-hydrogen) atoms. The highest BCUT2D eigenvalue weighted by Gasteiger charge is 2.63. The van der Waals surface area contributed by atoms with Crippen LogP contribution in [0.1, 0.15) is 85.5 Å². The lowest BCUT2D eigenvalue weighted by Gasteiger charge is -2.60. The molecule has 0 aliphatic heterocycles. The van der Waals surface area contributed by atoms with Crippen LogP contribution < -0.4 is 0 Å². The lowest BCUT2D eigenvalue weighted by atomic mass is 9.45. The van der Waals surface area contributed by atoms with Crippen molar-refractivity contribution >= 4 is 17.9 Å². The number of carboxylic acid groups (broad SMARTS) is 1. The summed E-state index contributed by atoms with van der Waals surface area (Å²) in [7, 11) is 0. The van der Waals surface area contributed by atoms with Crippen LogP contribution >= 0.6 is 0 Å². The van der Waals surface area contributed by atoms with Crippen LogP contribution in [0, 0.1) is 40.4 Å². The molecule has 4 saturated carbocycles. The molecule has 0 aromatic rings. The number of hydrogen-bond donors (Lipinski definition) is 1. The second kappa shape index (κ2) is 8.08. The Kier molecular flexibility index (Phi) is 5.89. The van der Waals surface area contributed by atoms with Crippen molar-refractivity contribution in [2.24, 2.45) is 40.4 Å². The standard InChI is InChI=1S/C25H38O6/c1-14(26)30-18-7-9-24(3)17(13-18)5-6-19-20(24)8-10-25(4)21(19)11-16(12-22(28)29)23(25)31-15(2)27/h16-21,23H,5-13H2,1-4H3,(H,28,29). The van der Waals surface area contributed by atoms with Crippen molar-refractivity contribution in [2.75, 3.05) is 0 Å². The molecule has 4 fully saturated rings. The van der Waals surface area contributed by atoms with Crippen LogP contribution in [-0.2, 0) is 23.9 Å². The summed E-state index contributed by atoms with van der Waals surface area (Å²) in [4.78, 5) is 34.9. The molecule has 9 unspecified atom stereocenters. The van der Waals surface area contributed by atoms with Gasteiger partial charge in [-0.25, -0.2) is 0 Å². The molecule has 9 atom stereocenters. The molecule has 0 aromatic carbocycles. The fourth-order valence-electron chi connectivity index (χ4n) is 8.52. The second-order valence-electron chi connectivity index (χ2n) is 11.3. The van der Waals surface area contributed by atoms with Gasteiger partial charge in [-0.05, 0) is 80.5 Å². The van der Waals surface area contributed by atoms with E-state index in [0.29, 0.717) is 23.7 Å². The number of hydrogen-bond acceptors (Lipinski definition) is 5. The van der Waals surface area contributed by atoms with Crippen LogP contribution in [0.4, 0.5) is 0 Å². The van der Waals surface area contributed by atoms with E-state index in [4.69, 9.17) is 9.47 Å². The first-order valence-electron chi connectivity index (χ1n) is 12.1. The second-order valence-corrected chi connectivity index (χ2v) is 11.3. The zero-order chi connectivity index (χ0) is 22.6. The highest BCUT2D eigenvalue weighted by atomic mass is 16.5. The van der Waals surface area contributed by atoms with Gasteiger partial charge in [-0.15, -0.1) is 0 Å². The van der Waals surface area contributed by atoms with E-state index in [0.717, 1.165) is 51.4 Å². The Morgan fingerprint density at radius 3 is 2.19 bits per heavy atom. The molecule has 6 nitrogen and oxygen atoms in total. The summed E-state index contributed by atoms with van der Waals surface area (Å²) in [6.45, 7) is 7.64. The van der Waals surface area contributed by atoms with E-state index in [1.54, 1.807) is 0 Å². The van der Waals surface area contributed by atoms with E-state index in [1.807, 2.05) is 0 Å². The molecule has 0 heterocycles. The molecule has 4 aliphatic rings. The number of carboxylic acids is 1. The summed E-state index contributed by atoms with van der Waals surface area (Å²) in [5, 5.41) is 9.48. The van der Waals surface area contributed by atoms with Crippen LogP contribution in [0.2, 0.25) is 0 Å². The number of carbonyl (C=O) groups is 3. The third-order valence-corrected chi connectivity index (χ3v) is 9.75. The van der Waals surface area contributed by atoms with Crippen LogP contribution in [0.3, 0.4) is 0 Å². The predicted molar refractivity (Wildman–Crippen MR) is 114 cm³/mol. The minimum atomic E-state index is -0.805. The molecule has 0 spiro atoms. The van der Waals surface area contributed by atoms with Crippen molar-refractivity contribution < 1.29 is 29.0 Å². The van der Waals surface area contributed by atoms with E-state index < -0.39 is 5.97 Å². The topological polar surface area (TPSA) is 89.9 Å². The van der Waals surface area contributed by atoms with Gasteiger partial charge in [0.25, 0.3) is 0 Å². The van der Waals surface area contributed by atoms with Gasteiger partial charge in [0.05, 0.1) is 6.42 Å². The zero-order valence-electron chi connectivity index (χ0n) is 19.4. The summed E-state index contributed by atoms with van der Waals surface area (Å²) in [5.74, 6) is 0.777. The maximum atomic E-state index is 11.9. The highest BCUT2D eigenvalue weighted by molar-refractivity contribution is 5.68. The van der Waals surface area contributed by atoms with Crippen LogP contribution in [0.5, 0.6) is 0 Å². The molecular weight excluding hydrogens is 396 g/mol. The van der Waals surface area contributed by atoms with Crippen molar-refractivity contribution in [1.29, 1.82) is 0 Å². The maximum absolute atomic E-state index is 11.9. The molecule has 0 saturated heterocycles. The van der Waals surface area contributed by atoms with E-state index in [-0.39, 0.29) is 47.3 Å². The van der Waals surface area contributed by atoms with E-state index in [1.165, 1.54) is 13.8 Å². The molecule has 4 rings (SSSR count). The van der Waals surface area contributed by atoms with Gasteiger partial charge in [-0.1, -0.05) is 13.8 Å². The smallest absolute Gasteiger partial charge is 0.303 e. The number of ether oxygens (including phenoxy) is 2. The Morgan fingerprint density at radius 1 is 0.871 bits per heavy atom. The molecule has 0 bridgehead atoms. The molecule has 6 heteroatoms. The average molecular weight is 435 g/mol. The Bertz CT molecular complexity index is 748. The van der Waals surface area contributed by atoms with Crippen molar-refractivity contribution in [1.82, 2.24) is 0 Å². The van der Waals surface area contributed by atoms with Crippen LogP contribution in [0.25, 0.3) is 0 Å². The van der Waals surface area contributed by atoms with Gasteiger partial charge in [-0.2, -0.15) is 0 Å². The van der Waals surface area contributed by atoms with E-state index in [2.05, 4.69) is 13.8 Å². The van der Waals surface area contributed by atoms with Gasteiger partial charge < -0.3 is 14.6 Å². The summed E-state index contributed by atoms with van der Waals surface area (Å²) < 4.78 is 11.4. The Morgan fingerprint density at radius 2 is 1.55 bits per heavy atom. The molecular formula is C25H38O6. The van der Waals surface area contributed by atoms with Gasteiger partial charge in [-0.3, -0.25) is 14.4 Å². The summed E-state index contributed by atoms with van der Waals surface area (Å²) in [6.07, 6.45) is 8.07. The number of rotatable bonds is 4. The van der Waals surface area contributed by atoms with Gasteiger partial charge >= 0.3 is 17.9 Å². The summed E-state index contributed by atoms with van der Waals surface area (Å²) in [6, 6.07) is 0. The lowest BCUT2D eigenvalue weighted by molar-refractivity contribution is -0.170. The number of carbonyl (C=O) groups excluding carboxylic acids is 2.